The highest BCUT2D eigenvalue weighted by atomic mass is 127. The second kappa shape index (κ2) is 9.40. The van der Waals surface area contributed by atoms with Gasteiger partial charge in [-0.15, -0.1) is 0 Å². The summed E-state index contributed by atoms with van der Waals surface area (Å²) in [6.07, 6.45) is 1.37. The summed E-state index contributed by atoms with van der Waals surface area (Å²) in [5.41, 5.74) is 2.57. The van der Waals surface area contributed by atoms with Gasteiger partial charge in [0.05, 0.1) is 10.7 Å². The Kier molecular flexibility index (Phi) is 7.23. The van der Waals surface area contributed by atoms with E-state index in [9.17, 15) is 14.7 Å². The maximum atomic E-state index is 11.3. The third kappa shape index (κ3) is 5.99. The summed E-state index contributed by atoms with van der Waals surface area (Å²) < 4.78 is 12.1. The summed E-state index contributed by atoms with van der Waals surface area (Å²) in [6, 6.07) is 11.5. The Balaban J connectivity index is 2.29. The number of rotatable bonds is 7. The summed E-state index contributed by atoms with van der Waals surface area (Å²) in [7, 11) is 1.52. The molecule has 2 rings (SSSR count). The number of carbonyl (C=O) groups excluding carboxylic acids is 1. The summed E-state index contributed by atoms with van der Waals surface area (Å²) in [6.45, 7) is 3.66. The van der Waals surface area contributed by atoms with Gasteiger partial charge in [-0.3, -0.25) is 4.79 Å². The molecule has 0 unspecified atom stereocenters. The fraction of sp³-hybridized carbons (Fsp3) is 0.200. The van der Waals surface area contributed by atoms with Gasteiger partial charge in [-0.1, -0.05) is 29.8 Å². The Hall–Kier alpha value is -2.55. The molecule has 27 heavy (non-hydrogen) atoms. The van der Waals surface area contributed by atoms with E-state index in [0.717, 1.165) is 9.13 Å². The van der Waals surface area contributed by atoms with Crippen molar-refractivity contribution in [3.8, 4) is 11.5 Å². The topological polar surface area (TPSA) is 84.9 Å². The Morgan fingerprint density at radius 1 is 1.22 bits per heavy atom. The third-order valence-electron chi connectivity index (χ3n) is 3.61. The molecular weight excluding hydrogens is 461 g/mol. The minimum atomic E-state index is -1.22. The maximum absolute atomic E-state index is 11.3. The van der Waals surface area contributed by atoms with Gasteiger partial charge in [0.2, 0.25) is 5.91 Å². The number of aliphatic carboxylic acids is 1. The van der Waals surface area contributed by atoms with Crippen molar-refractivity contribution < 1.29 is 24.2 Å². The first-order chi connectivity index (χ1) is 12.8. The monoisotopic (exact) mass is 481 g/mol. The van der Waals surface area contributed by atoms with Crippen molar-refractivity contribution in [2.45, 2.75) is 20.5 Å². The molecule has 0 saturated carbocycles. The zero-order chi connectivity index (χ0) is 20.0. The number of aryl methyl sites for hydroxylation is 1. The van der Waals surface area contributed by atoms with Gasteiger partial charge in [0.15, 0.2) is 11.5 Å². The molecule has 0 fully saturated rings. The predicted octanol–water partition coefficient (Wildman–Crippen LogP) is 3.75. The van der Waals surface area contributed by atoms with Gasteiger partial charge in [-0.05, 0) is 58.9 Å². The number of methoxy groups -OCH3 is 1. The van der Waals surface area contributed by atoms with Gasteiger partial charge in [0.25, 0.3) is 0 Å². The Morgan fingerprint density at radius 3 is 2.44 bits per heavy atom. The molecular formula is C20H20INO5. The van der Waals surface area contributed by atoms with Crippen molar-refractivity contribution in [3.05, 3.63) is 62.4 Å². The maximum Gasteiger partial charge on any atom is 0.352 e. The van der Waals surface area contributed by atoms with Gasteiger partial charge in [0, 0.05) is 6.92 Å². The molecule has 1 amide bonds. The molecule has 0 aliphatic carbocycles. The van der Waals surface area contributed by atoms with Gasteiger partial charge < -0.3 is 19.9 Å². The number of hydrogen-bond acceptors (Lipinski definition) is 4. The SMILES string of the molecule is COc1cc(/C=C(/NC(C)=O)C(=O)O)cc(I)c1OCc1ccc(C)cc1. The second-order valence-corrected chi connectivity index (χ2v) is 7.01. The van der Waals surface area contributed by atoms with E-state index >= 15 is 0 Å². The van der Waals surface area contributed by atoms with Crippen LogP contribution in [-0.4, -0.2) is 24.1 Å². The van der Waals surface area contributed by atoms with Crippen molar-refractivity contribution in [1.82, 2.24) is 5.32 Å². The lowest BCUT2D eigenvalue weighted by Gasteiger charge is -2.14. The summed E-state index contributed by atoms with van der Waals surface area (Å²) in [5, 5.41) is 11.5. The number of amides is 1. The minimum absolute atomic E-state index is 0.214. The quantitative estimate of drug-likeness (QED) is 0.465. The van der Waals surface area contributed by atoms with Crippen molar-refractivity contribution in [1.29, 1.82) is 0 Å². The van der Waals surface area contributed by atoms with E-state index in [1.54, 1.807) is 12.1 Å². The van der Waals surface area contributed by atoms with Crippen molar-refractivity contribution in [2.24, 2.45) is 0 Å². The number of ether oxygens (including phenoxy) is 2. The molecule has 2 aromatic rings. The van der Waals surface area contributed by atoms with Crippen LogP contribution in [0.2, 0.25) is 0 Å². The van der Waals surface area contributed by atoms with E-state index in [4.69, 9.17) is 9.47 Å². The van der Waals surface area contributed by atoms with Crippen LogP contribution in [0.3, 0.4) is 0 Å². The molecule has 0 heterocycles. The fourth-order valence-corrected chi connectivity index (χ4v) is 3.09. The first kappa shape index (κ1) is 20.8. The van der Waals surface area contributed by atoms with Crippen LogP contribution in [0.1, 0.15) is 23.6 Å². The number of carbonyl (C=O) groups is 2. The normalized spacial score (nSPS) is 11.0. The highest BCUT2D eigenvalue weighted by molar-refractivity contribution is 14.1. The largest absolute Gasteiger partial charge is 0.493 e. The first-order valence-electron chi connectivity index (χ1n) is 8.08. The van der Waals surface area contributed by atoms with Crippen LogP contribution in [0.15, 0.2) is 42.1 Å². The summed E-state index contributed by atoms with van der Waals surface area (Å²) >= 11 is 2.10. The summed E-state index contributed by atoms with van der Waals surface area (Å²) in [5.74, 6) is -0.623. The highest BCUT2D eigenvalue weighted by Gasteiger charge is 2.14. The number of carboxylic acid groups (broad SMARTS) is 1. The molecule has 0 radical (unpaired) electrons. The standard InChI is InChI=1S/C20H20INO5/c1-12-4-6-14(7-5-12)11-27-19-16(21)8-15(10-18(19)26-3)9-17(20(24)25)22-13(2)23/h4-10H,11H2,1-3H3,(H,22,23)(H,24,25)/b17-9+. The molecule has 2 N–H and O–H groups in total. The smallest absolute Gasteiger partial charge is 0.352 e. The Bertz CT molecular complexity index is 875. The zero-order valence-corrected chi connectivity index (χ0v) is 17.4. The molecule has 0 bridgehead atoms. The molecule has 0 aliphatic rings. The lowest BCUT2D eigenvalue weighted by Crippen LogP contribution is -2.24. The zero-order valence-electron chi connectivity index (χ0n) is 15.2. The summed E-state index contributed by atoms with van der Waals surface area (Å²) in [4.78, 5) is 22.5. The van der Waals surface area contributed by atoms with Gasteiger partial charge >= 0.3 is 5.97 Å². The van der Waals surface area contributed by atoms with E-state index in [1.807, 2.05) is 31.2 Å². The Labute approximate surface area is 171 Å². The lowest BCUT2D eigenvalue weighted by atomic mass is 10.1. The fourth-order valence-electron chi connectivity index (χ4n) is 2.31. The number of carboxylic acids is 1. The van der Waals surface area contributed by atoms with Gasteiger partial charge in [0.1, 0.15) is 12.3 Å². The van der Waals surface area contributed by atoms with Gasteiger partial charge in [-0.2, -0.15) is 0 Å². The average molecular weight is 481 g/mol. The number of nitrogens with one attached hydrogen (secondary N) is 1. The number of benzene rings is 2. The molecule has 0 saturated heterocycles. The van der Waals surface area contributed by atoms with Crippen LogP contribution < -0.4 is 14.8 Å². The van der Waals surface area contributed by atoms with Crippen molar-refractivity contribution >= 4 is 40.5 Å². The lowest BCUT2D eigenvalue weighted by molar-refractivity contribution is -0.134. The van der Waals surface area contributed by atoms with Crippen LogP contribution >= 0.6 is 22.6 Å². The molecule has 0 atom stereocenters. The van der Waals surface area contributed by atoms with E-state index < -0.39 is 11.9 Å². The number of halogens is 1. The second-order valence-electron chi connectivity index (χ2n) is 5.85. The third-order valence-corrected chi connectivity index (χ3v) is 4.41. The minimum Gasteiger partial charge on any atom is -0.493 e. The first-order valence-corrected chi connectivity index (χ1v) is 9.16. The Morgan fingerprint density at radius 2 is 1.89 bits per heavy atom. The highest BCUT2D eigenvalue weighted by Crippen LogP contribution is 2.35. The van der Waals surface area contributed by atoms with Crippen LogP contribution in [0.5, 0.6) is 11.5 Å². The van der Waals surface area contributed by atoms with Crippen LogP contribution in [-0.2, 0) is 16.2 Å². The van der Waals surface area contributed by atoms with E-state index in [0.29, 0.717) is 23.7 Å². The molecule has 7 heteroatoms. The molecule has 0 aromatic heterocycles. The number of hydrogen-bond donors (Lipinski definition) is 2. The van der Waals surface area contributed by atoms with Crippen molar-refractivity contribution in [2.75, 3.05) is 7.11 Å². The molecule has 0 spiro atoms. The predicted molar refractivity (Wildman–Crippen MR) is 111 cm³/mol. The van der Waals surface area contributed by atoms with Gasteiger partial charge in [-0.25, -0.2) is 4.79 Å². The molecule has 0 aliphatic heterocycles. The average Bonchev–Trinajstić information content (AvgIpc) is 2.60. The molecule has 142 valence electrons. The van der Waals surface area contributed by atoms with E-state index in [-0.39, 0.29) is 5.70 Å². The molecule has 6 nitrogen and oxygen atoms in total. The van der Waals surface area contributed by atoms with Crippen molar-refractivity contribution in [3.63, 3.8) is 0 Å². The molecule has 2 aromatic carbocycles. The van der Waals surface area contributed by atoms with E-state index in [2.05, 4.69) is 27.9 Å². The van der Waals surface area contributed by atoms with Crippen LogP contribution in [0.4, 0.5) is 0 Å². The van der Waals surface area contributed by atoms with Crippen LogP contribution in [0.25, 0.3) is 6.08 Å². The van der Waals surface area contributed by atoms with Crippen LogP contribution in [0, 0.1) is 10.5 Å². The van der Waals surface area contributed by atoms with E-state index in [1.165, 1.54) is 25.7 Å².